The third-order valence-electron chi connectivity index (χ3n) is 2.22. The maximum Gasteiger partial charge on any atom is 0.320 e. The summed E-state index contributed by atoms with van der Waals surface area (Å²) in [4.78, 5) is 17.9. The van der Waals surface area contributed by atoms with Gasteiger partial charge < -0.3 is 4.74 Å². The molecule has 4 nitrogen and oxygen atoms in total. The van der Waals surface area contributed by atoms with Gasteiger partial charge in [-0.1, -0.05) is 6.92 Å². The van der Waals surface area contributed by atoms with Crippen LogP contribution in [0.5, 0.6) is 0 Å². The Morgan fingerprint density at radius 2 is 2.29 bits per heavy atom. The van der Waals surface area contributed by atoms with Crippen LogP contribution in [0, 0.1) is 6.92 Å². The molecule has 96 valence electrons. The summed E-state index contributed by atoms with van der Waals surface area (Å²) >= 11 is 1.64. The highest BCUT2D eigenvalue weighted by Crippen LogP contribution is 2.11. The van der Waals surface area contributed by atoms with Gasteiger partial charge in [-0.15, -0.1) is 11.3 Å². The van der Waals surface area contributed by atoms with E-state index in [1.54, 1.807) is 11.3 Å². The average molecular weight is 256 g/mol. The maximum absolute atomic E-state index is 11.4. The Hall–Kier alpha value is -0.940. The fraction of sp³-hybridized carbons (Fsp3) is 0.667. The first-order chi connectivity index (χ1) is 8.15. The molecule has 0 aliphatic heterocycles. The van der Waals surface area contributed by atoms with Gasteiger partial charge in [0, 0.05) is 11.1 Å². The zero-order chi connectivity index (χ0) is 12.7. The minimum Gasteiger partial charge on any atom is -0.465 e. The van der Waals surface area contributed by atoms with Crippen molar-refractivity contribution in [2.24, 2.45) is 0 Å². The molecule has 0 radical (unpaired) electrons. The lowest BCUT2D eigenvalue weighted by atomic mass is 10.4. The summed E-state index contributed by atoms with van der Waals surface area (Å²) in [6.45, 7) is 8.31. The quantitative estimate of drug-likeness (QED) is 0.702. The molecule has 1 aromatic heterocycles. The summed E-state index contributed by atoms with van der Waals surface area (Å²) in [5.74, 6) is -0.158. The normalized spacial score (nSPS) is 10.8. The summed E-state index contributed by atoms with van der Waals surface area (Å²) < 4.78 is 4.96. The Kier molecular flexibility index (Phi) is 6.15. The van der Waals surface area contributed by atoms with Gasteiger partial charge in [0.2, 0.25) is 0 Å². The van der Waals surface area contributed by atoms with Crippen molar-refractivity contribution in [1.82, 2.24) is 9.88 Å². The Labute approximate surface area is 107 Å². The van der Waals surface area contributed by atoms with Crippen LogP contribution in [0.4, 0.5) is 0 Å². The molecule has 0 aliphatic rings. The Balaban J connectivity index is 2.50. The second-order valence-corrected chi connectivity index (χ2v) is 4.84. The minimum atomic E-state index is -0.158. The van der Waals surface area contributed by atoms with Crippen LogP contribution in [0.15, 0.2) is 5.38 Å². The molecule has 0 aromatic carbocycles. The second-order valence-electron chi connectivity index (χ2n) is 3.90. The van der Waals surface area contributed by atoms with E-state index in [4.69, 9.17) is 4.74 Å². The Morgan fingerprint density at radius 1 is 1.53 bits per heavy atom. The monoisotopic (exact) mass is 256 g/mol. The van der Waals surface area contributed by atoms with Crippen LogP contribution < -0.4 is 0 Å². The molecule has 0 saturated heterocycles. The molecule has 1 heterocycles. The van der Waals surface area contributed by atoms with E-state index in [0.717, 1.165) is 30.2 Å². The van der Waals surface area contributed by atoms with Crippen molar-refractivity contribution >= 4 is 17.3 Å². The summed E-state index contributed by atoms with van der Waals surface area (Å²) in [6, 6.07) is 0. The highest BCUT2D eigenvalue weighted by atomic mass is 32.1. The summed E-state index contributed by atoms with van der Waals surface area (Å²) in [6.07, 6.45) is 1.02. The molecule has 17 heavy (non-hydrogen) atoms. The average Bonchev–Trinajstić information content (AvgIpc) is 2.64. The van der Waals surface area contributed by atoms with Gasteiger partial charge in [0.05, 0.1) is 19.7 Å². The molecule has 0 bridgehead atoms. The third-order valence-corrected chi connectivity index (χ3v) is 3.17. The van der Waals surface area contributed by atoms with E-state index in [1.807, 2.05) is 19.2 Å². The molecule has 5 heteroatoms. The number of carbonyl (C=O) groups is 1. The van der Waals surface area contributed by atoms with Gasteiger partial charge in [0.25, 0.3) is 0 Å². The number of ether oxygens (including phenoxy) is 1. The molecule has 0 aliphatic carbocycles. The zero-order valence-electron chi connectivity index (χ0n) is 10.7. The number of aromatic nitrogens is 1. The van der Waals surface area contributed by atoms with Crippen LogP contribution in [0.1, 0.15) is 31.0 Å². The molecule has 0 N–H and O–H groups in total. The van der Waals surface area contributed by atoms with E-state index in [9.17, 15) is 4.79 Å². The number of aryl methyl sites for hydroxylation is 1. The van der Waals surface area contributed by atoms with E-state index in [0.29, 0.717) is 13.2 Å². The van der Waals surface area contributed by atoms with E-state index in [2.05, 4.69) is 16.8 Å². The number of rotatable bonds is 7. The number of thiazole rings is 1. The summed E-state index contributed by atoms with van der Waals surface area (Å²) in [7, 11) is 0. The van der Waals surface area contributed by atoms with Crippen molar-refractivity contribution < 1.29 is 9.53 Å². The van der Waals surface area contributed by atoms with E-state index in [1.165, 1.54) is 0 Å². The fourth-order valence-electron chi connectivity index (χ4n) is 1.59. The second kappa shape index (κ2) is 7.40. The fourth-order valence-corrected chi connectivity index (χ4v) is 2.40. The van der Waals surface area contributed by atoms with Gasteiger partial charge in [-0.3, -0.25) is 9.69 Å². The van der Waals surface area contributed by atoms with Crippen molar-refractivity contribution in [1.29, 1.82) is 0 Å². The lowest BCUT2D eigenvalue weighted by Gasteiger charge is -2.19. The molecule has 0 spiro atoms. The summed E-state index contributed by atoms with van der Waals surface area (Å²) in [5.41, 5.74) is 1.04. The van der Waals surface area contributed by atoms with Crippen LogP contribution in [0.2, 0.25) is 0 Å². The van der Waals surface area contributed by atoms with Gasteiger partial charge in [-0.2, -0.15) is 0 Å². The molecule has 0 fully saturated rings. The first-order valence-corrected chi connectivity index (χ1v) is 6.82. The number of nitrogens with zero attached hydrogens (tertiary/aromatic N) is 2. The number of hydrogen-bond donors (Lipinski definition) is 0. The molecule has 0 amide bonds. The van der Waals surface area contributed by atoms with Crippen LogP contribution in [0.3, 0.4) is 0 Å². The number of hydrogen-bond acceptors (Lipinski definition) is 5. The smallest absolute Gasteiger partial charge is 0.320 e. The molecule has 0 unspecified atom stereocenters. The van der Waals surface area contributed by atoms with Crippen LogP contribution in [-0.2, 0) is 16.1 Å². The van der Waals surface area contributed by atoms with Crippen LogP contribution >= 0.6 is 11.3 Å². The van der Waals surface area contributed by atoms with Gasteiger partial charge in [0.1, 0.15) is 5.01 Å². The van der Waals surface area contributed by atoms with Crippen LogP contribution in [0.25, 0.3) is 0 Å². The maximum atomic E-state index is 11.4. The number of carbonyl (C=O) groups excluding carboxylic acids is 1. The minimum absolute atomic E-state index is 0.158. The Bertz CT molecular complexity index is 352. The lowest BCUT2D eigenvalue weighted by molar-refractivity contribution is -0.144. The zero-order valence-corrected chi connectivity index (χ0v) is 11.5. The van der Waals surface area contributed by atoms with Gasteiger partial charge in [-0.25, -0.2) is 4.98 Å². The summed E-state index contributed by atoms with van der Waals surface area (Å²) in [5, 5.41) is 3.09. The first-order valence-electron chi connectivity index (χ1n) is 5.94. The van der Waals surface area contributed by atoms with Crippen molar-refractivity contribution in [3.8, 4) is 0 Å². The largest absolute Gasteiger partial charge is 0.465 e. The van der Waals surface area contributed by atoms with Gasteiger partial charge in [0.15, 0.2) is 0 Å². The highest BCUT2D eigenvalue weighted by Gasteiger charge is 2.12. The molecular weight excluding hydrogens is 236 g/mol. The standard InChI is InChI=1S/C12H20N2O2S/c1-4-6-14(8-12(15)16-5-2)7-11-13-10(3)9-17-11/h9H,4-8H2,1-3H3. The van der Waals surface area contributed by atoms with E-state index >= 15 is 0 Å². The van der Waals surface area contributed by atoms with E-state index in [-0.39, 0.29) is 5.97 Å². The van der Waals surface area contributed by atoms with Gasteiger partial charge >= 0.3 is 5.97 Å². The van der Waals surface area contributed by atoms with Gasteiger partial charge in [-0.05, 0) is 26.8 Å². The SMILES string of the molecule is CCCN(CC(=O)OCC)Cc1nc(C)cs1. The Morgan fingerprint density at radius 3 is 2.82 bits per heavy atom. The molecule has 1 rings (SSSR count). The van der Waals surface area contributed by atoms with Crippen molar-refractivity contribution in [2.45, 2.75) is 33.7 Å². The lowest BCUT2D eigenvalue weighted by Crippen LogP contribution is -2.31. The first kappa shape index (κ1) is 14.1. The predicted molar refractivity (Wildman–Crippen MR) is 69.1 cm³/mol. The van der Waals surface area contributed by atoms with Crippen molar-refractivity contribution in [2.75, 3.05) is 19.7 Å². The van der Waals surface area contributed by atoms with E-state index < -0.39 is 0 Å². The predicted octanol–water partition coefficient (Wildman–Crippen LogP) is 2.23. The number of esters is 1. The molecule has 0 saturated carbocycles. The molecular formula is C12H20N2O2S. The van der Waals surface area contributed by atoms with Crippen molar-refractivity contribution in [3.05, 3.63) is 16.1 Å². The molecule has 0 atom stereocenters. The highest BCUT2D eigenvalue weighted by molar-refractivity contribution is 7.09. The van der Waals surface area contributed by atoms with Crippen LogP contribution in [-0.4, -0.2) is 35.5 Å². The third kappa shape index (κ3) is 5.28. The topological polar surface area (TPSA) is 42.4 Å². The molecule has 1 aromatic rings. The van der Waals surface area contributed by atoms with Crippen molar-refractivity contribution in [3.63, 3.8) is 0 Å².